The Kier molecular flexibility index (Phi) is 4.19. The van der Waals surface area contributed by atoms with Gasteiger partial charge in [0.25, 0.3) is 11.8 Å². The number of carbonyl (C=O) groups excluding carboxylic acids is 2. The van der Waals surface area contributed by atoms with Gasteiger partial charge in [0, 0.05) is 19.6 Å². The summed E-state index contributed by atoms with van der Waals surface area (Å²) in [6.07, 6.45) is 2.14. The number of fused-ring (bicyclic) bond motifs is 2. The van der Waals surface area contributed by atoms with Crippen LogP contribution in [0.25, 0.3) is 0 Å². The van der Waals surface area contributed by atoms with E-state index < -0.39 is 0 Å². The van der Waals surface area contributed by atoms with Gasteiger partial charge >= 0.3 is 0 Å². The fourth-order valence-corrected chi connectivity index (χ4v) is 4.03. The number of amides is 2. The van der Waals surface area contributed by atoms with Gasteiger partial charge in [-0.3, -0.25) is 14.3 Å². The van der Waals surface area contributed by atoms with Crippen molar-refractivity contribution in [2.75, 3.05) is 13.1 Å². The van der Waals surface area contributed by atoms with Gasteiger partial charge in [0.1, 0.15) is 0 Å². The third-order valence-electron chi connectivity index (χ3n) is 5.66. The first-order valence-corrected chi connectivity index (χ1v) is 9.72. The van der Waals surface area contributed by atoms with E-state index in [9.17, 15) is 9.59 Å². The highest BCUT2D eigenvalue weighted by atomic mass is 16.3. The van der Waals surface area contributed by atoms with Crippen LogP contribution in [0.4, 0.5) is 0 Å². The van der Waals surface area contributed by atoms with Crippen LogP contribution in [0.3, 0.4) is 0 Å². The van der Waals surface area contributed by atoms with Gasteiger partial charge in [0.15, 0.2) is 12.1 Å². The average Bonchev–Trinajstić information content (AvgIpc) is 3.37. The minimum atomic E-state index is -0.187. The van der Waals surface area contributed by atoms with Crippen LogP contribution in [0.15, 0.2) is 41.1 Å². The maximum atomic E-state index is 13.0. The van der Waals surface area contributed by atoms with E-state index in [1.165, 1.54) is 17.5 Å². The first-order chi connectivity index (χ1) is 14.1. The summed E-state index contributed by atoms with van der Waals surface area (Å²) in [5, 5.41) is 4.51. The summed E-state index contributed by atoms with van der Waals surface area (Å²) in [6, 6.07) is 10.0. The van der Waals surface area contributed by atoms with Crippen molar-refractivity contribution in [3.63, 3.8) is 0 Å². The number of aryl methyl sites for hydroxylation is 1. The minimum absolute atomic E-state index is 0.0645. The van der Waals surface area contributed by atoms with Crippen molar-refractivity contribution < 1.29 is 14.0 Å². The van der Waals surface area contributed by atoms with E-state index in [4.69, 9.17) is 4.42 Å². The summed E-state index contributed by atoms with van der Waals surface area (Å²) >= 11 is 0. The molecule has 0 fully saturated rings. The van der Waals surface area contributed by atoms with Crippen LogP contribution in [-0.2, 0) is 26.1 Å². The lowest BCUT2D eigenvalue weighted by atomic mass is 10.00. The van der Waals surface area contributed by atoms with Crippen molar-refractivity contribution in [1.82, 2.24) is 24.6 Å². The van der Waals surface area contributed by atoms with Gasteiger partial charge in [0.2, 0.25) is 5.76 Å². The number of hydrogen-bond donors (Lipinski definition) is 0. The molecule has 0 bridgehead atoms. The first-order valence-electron chi connectivity index (χ1n) is 9.72. The Morgan fingerprint density at radius 3 is 2.59 bits per heavy atom. The average molecular weight is 391 g/mol. The fourth-order valence-electron chi connectivity index (χ4n) is 4.03. The van der Waals surface area contributed by atoms with Crippen LogP contribution in [0.1, 0.15) is 43.6 Å². The van der Waals surface area contributed by atoms with Crippen LogP contribution in [0, 0.1) is 6.92 Å². The summed E-state index contributed by atoms with van der Waals surface area (Å²) in [4.78, 5) is 33.2. The summed E-state index contributed by atoms with van der Waals surface area (Å²) in [7, 11) is 0. The SMILES string of the molecule is Cc1ncoc1C(=O)N1CCn2nc(C(=O)N3CCc4ccccc4C3)cc2C1. The zero-order valence-electron chi connectivity index (χ0n) is 16.2. The topological polar surface area (TPSA) is 84.5 Å². The van der Waals surface area contributed by atoms with Crippen LogP contribution in [0.2, 0.25) is 0 Å². The number of benzene rings is 1. The Bertz CT molecular complexity index is 1100. The molecule has 2 amide bonds. The number of hydrogen-bond acceptors (Lipinski definition) is 5. The molecule has 2 aliphatic rings. The van der Waals surface area contributed by atoms with Gasteiger partial charge in [-0.25, -0.2) is 4.98 Å². The van der Waals surface area contributed by atoms with Crippen molar-refractivity contribution in [3.05, 3.63) is 70.7 Å². The van der Waals surface area contributed by atoms with E-state index in [1.807, 2.05) is 21.7 Å². The van der Waals surface area contributed by atoms with Gasteiger partial charge in [-0.1, -0.05) is 24.3 Å². The molecule has 8 nitrogen and oxygen atoms in total. The van der Waals surface area contributed by atoms with Gasteiger partial charge in [-0.05, 0) is 30.5 Å². The Hall–Kier alpha value is -3.42. The number of aromatic nitrogens is 3. The molecular weight excluding hydrogens is 370 g/mol. The van der Waals surface area contributed by atoms with Crippen molar-refractivity contribution in [2.24, 2.45) is 0 Å². The summed E-state index contributed by atoms with van der Waals surface area (Å²) < 4.78 is 7.05. The maximum Gasteiger partial charge on any atom is 0.291 e. The zero-order valence-corrected chi connectivity index (χ0v) is 16.2. The third-order valence-corrected chi connectivity index (χ3v) is 5.66. The number of rotatable bonds is 2. The standard InChI is InChI=1S/C21H21N5O3/c1-14-19(29-13-22-14)21(28)25-8-9-26-17(12-25)10-18(23-26)20(27)24-7-6-15-4-2-3-5-16(15)11-24/h2-5,10,13H,6-9,11-12H2,1H3. The molecule has 0 unspecified atom stereocenters. The molecule has 5 rings (SSSR count). The quantitative estimate of drug-likeness (QED) is 0.667. The van der Waals surface area contributed by atoms with Gasteiger partial charge in [-0.2, -0.15) is 5.10 Å². The normalized spacial score (nSPS) is 15.8. The Morgan fingerprint density at radius 2 is 1.79 bits per heavy atom. The monoisotopic (exact) mass is 391 g/mol. The molecule has 148 valence electrons. The lowest BCUT2D eigenvalue weighted by Crippen LogP contribution is -2.38. The predicted octanol–water partition coefficient (Wildman–Crippen LogP) is 2.03. The highest BCUT2D eigenvalue weighted by molar-refractivity contribution is 5.93. The maximum absolute atomic E-state index is 13.0. The van der Waals surface area contributed by atoms with Gasteiger partial charge < -0.3 is 14.2 Å². The molecule has 4 heterocycles. The van der Waals surface area contributed by atoms with E-state index in [2.05, 4.69) is 22.2 Å². The third kappa shape index (κ3) is 3.10. The highest BCUT2D eigenvalue weighted by Gasteiger charge is 2.29. The first kappa shape index (κ1) is 17.7. The molecule has 0 saturated carbocycles. The number of oxazole rings is 1. The van der Waals surface area contributed by atoms with Crippen molar-refractivity contribution in [3.8, 4) is 0 Å². The van der Waals surface area contributed by atoms with E-state index in [0.29, 0.717) is 44.1 Å². The molecule has 0 aliphatic carbocycles. The number of carbonyl (C=O) groups is 2. The second-order valence-corrected chi connectivity index (χ2v) is 7.48. The van der Waals surface area contributed by atoms with E-state index in [-0.39, 0.29) is 17.6 Å². The lowest BCUT2D eigenvalue weighted by Gasteiger charge is -2.28. The van der Waals surface area contributed by atoms with E-state index >= 15 is 0 Å². The Balaban J connectivity index is 1.32. The van der Waals surface area contributed by atoms with E-state index in [0.717, 1.165) is 12.1 Å². The number of nitrogens with zero attached hydrogens (tertiary/aromatic N) is 5. The molecule has 0 N–H and O–H groups in total. The fraction of sp³-hybridized carbons (Fsp3) is 0.333. The van der Waals surface area contributed by atoms with Crippen molar-refractivity contribution in [1.29, 1.82) is 0 Å². The molecule has 0 saturated heterocycles. The Labute approximate surface area is 167 Å². The molecular formula is C21H21N5O3. The molecule has 2 aromatic heterocycles. The second kappa shape index (κ2) is 6.88. The zero-order chi connectivity index (χ0) is 20.0. The smallest absolute Gasteiger partial charge is 0.291 e. The predicted molar refractivity (Wildman–Crippen MR) is 103 cm³/mol. The van der Waals surface area contributed by atoms with Crippen LogP contribution in [-0.4, -0.2) is 49.5 Å². The summed E-state index contributed by atoms with van der Waals surface area (Å²) in [5.74, 6) is 0.0135. The highest BCUT2D eigenvalue weighted by Crippen LogP contribution is 2.22. The largest absolute Gasteiger partial charge is 0.438 e. The molecule has 2 aliphatic heterocycles. The molecule has 0 spiro atoms. The molecule has 3 aromatic rings. The van der Waals surface area contributed by atoms with Gasteiger partial charge in [-0.15, -0.1) is 0 Å². The van der Waals surface area contributed by atoms with Crippen molar-refractivity contribution in [2.45, 2.75) is 33.0 Å². The minimum Gasteiger partial charge on any atom is -0.438 e. The van der Waals surface area contributed by atoms with Crippen LogP contribution >= 0.6 is 0 Å². The van der Waals surface area contributed by atoms with Crippen LogP contribution < -0.4 is 0 Å². The molecule has 1 aromatic carbocycles. The van der Waals surface area contributed by atoms with Crippen LogP contribution in [0.5, 0.6) is 0 Å². The Morgan fingerprint density at radius 1 is 1.00 bits per heavy atom. The van der Waals surface area contributed by atoms with Crippen molar-refractivity contribution >= 4 is 11.8 Å². The molecule has 0 radical (unpaired) electrons. The summed E-state index contributed by atoms with van der Waals surface area (Å²) in [5.41, 5.74) is 4.36. The lowest BCUT2D eigenvalue weighted by molar-refractivity contribution is 0.0669. The van der Waals surface area contributed by atoms with E-state index in [1.54, 1.807) is 17.9 Å². The molecule has 29 heavy (non-hydrogen) atoms. The van der Waals surface area contributed by atoms with Gasteiger partial charge in [0.05, 0.1) is 24.5 Å². The molecule has 8 heteroatoms. The second-order valence-electron chi connectivity index (χ2n) is 7.48. The summed E-state index contributed by atoms with van der Waals surface area (Å²) in [6.45, 7) is 4.49. The molecule has 0 atom stereocenters.